The zero-order chi connectivity index (χ0) is 27.4. The highest BCUT2D eigenvalue weighted by Gasteiger charge is 2.54. The van der Waals surface area contributed by atoms with E-state index < -0.39 is 46.5 Å². The molecule has 0 radical (unpaired) electrons. The summed E-state index contributed by atoms with van der Waals surface area (Å²) in [6.07, 6.45) is -5.82. The number of hydrogen-bond acceptors (Lipinski definition) is 8. The van der Waals surface area contributed by atoms with Gasteiger partial charge in [-0.05, 0) is 11.1 Å². The minimum atomic E-state index is -5.01. The van der Waals surface area contributed by atoms with E-state index in [-0.39, 0.29) is 35.6 Å². The molecule has 200 valence electrons. The monoisotopic (exact) mass is 565 g/mol. The number of amides is 1. The number of esters is 2. The summed E-state index contributed by atoms with van der Waals surface area (Å²) in [7, 11) is 0. The van der Waals surface area contributed by atoms with E-state index in [0.29, 0.717) is 16.7 Å². The standard InChI is InChI=1S/C26H22F3NO6S2/c1-15(31)35-12-18-13-37-23-19(14-38-25(34)26(27,28)29)22(32)30(23)20(18)24(33)36-21(16-8-4-2-5-9-16)17-10-6-3-7-11-17/h2-11,19,21,23H,12-14H2,1H3/t19-,23+/m0/s1. The summed E-state index contributed by atoms with van der Waals surface area (Å²) in [6.45, 7) is 0.953. The number of alkyl halides is 3. The molecule has 2 heterocycles. The van der Waals surface area contributed by atoms with E-state index in [4.69, 9.17) is 9.47 Å². The van der Waals surface area contributed by atoms with Gasteiger partial charge in [-0.1, -0.05) is 72.4 Å². The second kappa shape index (κ2) is 11.6. The van der Waals surface area contributed by atoms with Crippen molar-refractivity contribution in [2.75, 3.05) is 18.1 Å². The number of carbonyl (C=O) groups excluding carboxylic acids is 4. The summed E-state index contributed by atoms with van der Waals surface area (Å²) < 4.78 is 48.9. The van der Waals surface area contributed by atoms with Crippen LogP contribution in [0.3, 0.4) is 0 Å². The highest BCUT2D eigenvalue weighted by molar-refractivity contribution is 8.13. The van der Waals surface area contributed by atoms with Crippen molar-refractivity contribution < 1.29 is 41.8 Å². The molecule has 0 aromatic heterocycles. The smallest absolute Gasteiger partial charge is 0.460 e. The first-order chi connectivity index (χ1) is 18.1. The van der Waals surface area contributed by atoms with Crippen molar-refractivity contribution in [3.63, 3.8) is 0 Å². The van der Waals surface area contributed by atoms with Crippen LogP contribution in [0, 0.1) is 5.92 Å². The van der Waals surface area contributed by atoms with Gasteiger partial charge in [0.25, 0.3) is 5.12 Å². The summed E-state index contributed by atoms with van der Waals surface area (Å²) >= 11 is 1.25. The Bertz CT molecular complexity index is 1210. The lowest BCUT2D eigenvalue weighted by Gasteiger charge is -2.49. The van der Waals surface area contributed by atoms with Crippen molar-refractivity contribution in [2.24, 2.45) is 5.92 Å². The highest BCUT2D eigenvalue weighted by Crippen LogP contribution is 2.46. The van der Waals surface area contributed by atoms with Crippen LogP contribution in [0.2, 0.25) is 0 Å². The maximum absolute atomic E-state index is 13.6. The maximum atomic E-state index is 13.6. The fraction of sp³-hybridized carbons (Fsp3) is 0.308. The molecule has 2 aliphatic heterocycles. The van der Waals surface area contributed by atoms with Gasteiger partial charge in [-0.3, -0.25) is 19.3 Å². The van der Waals surface area contributed by atoms with Crippen LogP contribution in [-0.4, -0.2) is 57.5 Å². The van der Waals surface area contributed by atoms with Crippen molar-refractivity contribution in [3.05, 3.63) is 83.1 Å². The number of nitrogens with zero attached hydrogens (tertiary/aromatic N) is 1. The molecule has 2 aromatic rings. The van der Waals surface area contributed by atoms with E-state index in [1.165, 1.54) is 23.6 Å². The minimum absolute atomic E-state index is 0.0302. The van der Waals surface area contributed by atoms with Gasteiger partial charge in [-0.15, -0.1) is 11.8 Å². The molecule has 1 fully saturated rings. The number of ether oxygens (including phenoxy) is 2. The van der Waals surface area contributed by atoms with Crippen LogP contribution in [0.1, 0.15) is 24.2 Å². The Balaban J connectivity index is 1.61. The fourth-order valence-corrected chi connectivity index (χ4v) is 6.40. The van der Waals surface area contributed by atoms with Gasteiger partial charge in [0.15, 0.2) is 6.10 Å². The second-order valence-corrected chi connectivity index (χ2v) is 10.5. The second-order valence-electron chi connectivity index (χ2n) is 8.45. The molecule has 0 N–H and O–H groups in total. The van der Waals surface area contributed by atoms with Gasteiger partial charge < -0.3 is 9.47 Å². The molecular weight excluding hydrogens is 543 g/mol. The molecule has 7 nitrogen and oxygen atoms in total. The minimum Gasteiger partial charge on any atom is -0.461 e. The molecule has 4 rings (SSSR count). The van der Waals surface area contributed by atoms with Gasteiger partial charge in [-0.2, -0.15) is 13.2 Å². The van der Waals surface area contributed by atoms with Crippen molar-refractivity contribution in [2.45, 2.75) is 24.6 Å². The molecule has 12 heteroatoms. The van der Waals surface area contributed by atoms with Crippen molar-refractivity contribution in [1.82, 2.24) is 4.90 Å². The number of benzene rings is 2. The first-order valence-corrected chi connectivity index (χ1v) is 13.5. The Labute approximate surface area is 224 Å². The molecule has 0 bridgehead atoms. The van der Waals surface area contributed by atoms with E-state index in [9.17, 15) is 32.3 Å². The van der Waals surface area contributed by atoms with E-state index in [0.717, 1.165) is 0 Å². The highest BCUT2D eigenvalue weighted by atomic mass is 32.2. The topological polar surface area (TPSA) is 90.0 Å². The number of fused-ring (bicyclic) bond motifs is 1. The molecule has 1 saturated heterocycles. The first kappa shape index (κ1) is 27.8. The Morgan fingerprint density at radius 3 is 2.16 bits per heavy atom. The number of hydrogen-bond donors (Lipinski definition) is 0. The largest absolute Gasteiger partial charge is 0.461 e. The van der Waals surface area contributed by atoms with Crippen LogP contribution in [0.5, 0.6) is 0 Å². The predicted octanol–water partition coefficient (Wildman–Crippen LogP) is 4.49. The number of rotatable bonds is 8. The van der Waals surface area contributed by atoms with Gasteiger partial charge >= 0.3 is 18.1 Å². The molecule has 2 aromatic carbocycles. The third-order valence-electron chi connectivity index (χ3n) is 5.86. The van der Waals surface area contributed by atoms with Crippen LogP contribution in [0.25, 0.3) is 0 Å². The lowest BCUT2D eigenvalue weighted by molar-refractivity contribution is -0.160. The zero-order valence-corrected chi connectivity index (χ0v) is 21.6. The Morgan fingerprint density at radius 2 is 1.63 bits per heavy atom. The quantitative estimate of drug-likeness (QED) is 0.342. The average Bonchev–Trinajstić information content (AvgIpc) is 2.90. The summed E-state index contributed by atoms with van der Waals surface area (Å²) in [5.41, 5.74) is 1.62. The summed E-state index contributed by atoms with van der Waals surface area (Å²) in [4.78, 5) is 50.6. The van der Waals surface area contributed by atoms with Gasteiger partial charge in [0.05, 0.1) is 11.3 Å². The normalized spacial score (nSPS) is 19.1. The Kier molecular flexibility index (Phi) is 8.51. The third kappa shape index (κ3) is 6.07. The van der Waals surface area contributed by atoms with E-state index in [1.54, 1.807) is 48.5 Å². The van der Waals surface area contributed by atoms with Gasteiger partial charge in [0.2, 0.25) is 5.91 Å². The molecule has 0 spiro atoms. The molecule has 2 aliphatic rings. The molecule has 0 unspecified atom stereocenters. The molecule has 0 aliphatic carbocycles. The molecular formula is C26H22F3NO6S2. The molecule has 38 heavy (non-hydrogen) atoms. The summed E-state index contributed by atoms with van der Waals surface area (Å²) in [5.74, 6) is -3.10. The van der Waals surface area contributed by atoms with Crippen LogP contribution in [-0.2, 0) is 28.7 Å². The van der Waals surface area contributed by atoms with Crippen LogP contribution in [0.15, 0.2) is 71.9 Å². The third-order valence-corrected chi connectivity index (χ3v) is 8.27. The van der Waals surface area contributed by atoms with E-state index in [1.807, 2.05) is 12.1 Å². The van der Waals surface area contributed by atoms with Gasteiger partial charge in [-0.25, -0.2) is 4.79 Å². The van der Waals surface area contributed by atoms with Gasteiger partial charge in [0.1, 0.15) is 12.3 Å². The van der Waals surface area contributed by atoms with Crippen molar-refractivity contribution in [1.29, 1.82) is 0 Å². The van der Waals surface area contributed by atoms with Crippen LogP contribution in [0.4, 0.5) is 13.2 Å². The summed E-state index contributed by atoms with van der Waals surface area (Å²) in [5, 5.41) is -2.64. The van der Waals surface area contributed by atoms with E-state index in [2.05, 4.69) is 0 Å². The fourth-order valence-electron chi connectivity index (χ4n) is 4.07. The van der Waals surface area contributed by atoms with Gasteiger partial charge in [0, 0.05) is 24.0 Å². The zero-order valence-electron chi connectivity index (χ0n) is 20.0. The summed E-state index contributed by atoms with van der Waals surface area (Å²) in [6, 6.07) is 18.0. The molecule has 1 amide bonds. The van der Waals surface area contributed by atoms with Crippen molar-refractivity contribution in [3.8, 4) is 0 Å². The average molecular weight is 566 g/mol. The number of carbonyl (C=O) groups is 4. The number of halogens is 3. The number of thioether (sulfide) groups is 2. The molecule has 2 atom stereocenters. The SMILES string of the molecule is CC(=O)OCC1=C(C(=O)OC(c2ccccc2)c2ccccc2)N2C(=O)[C@H](CSC(=O)C(F)(F)F)[C@H]2SC1. The van der Waals surface area contributed by atoms with E-state index >= 15 is 0 Å². The molecule has 0 saturated carbocycles. The lowest BCUT2D eigenvalue weighted by atomic mass is 9.97. The Morgan fingerprint density at radius 1 is 1.05 bits per heavy atom. The van der Waals surface area contributed by atoms with Crippen LogP contribution >= 0.6 is 23.5 Å². The Hall–Kier alpha value is -3.25. The first-order valence-electron chi connectivity index (χ1n) is 11.4. The van der Waals surface area contributed by atoms with Crippen LogP contribution < -0.4 is 0 Å². The predicted molar refractivity (Wildman–Crippen MR) is 135 cm³/mol. The maximum Gasteiger partial charge on any atom is 0.460 e. The lowest BCUT2D eigenvalue weighted by Crippen LogP contribution is -2.62. The number of β-lactam (4-membered cyclic amide) rings is 1. The van der Waals surface area contributed by atoms with Crippen molar-refractivity contribution >= 4 is 46.5 Å².